The van der Waals surface area contributed by atoms with Crippen LogP contribution in [0.15, 0.2) is 9.85 Å². The SMILES string of the molecule is COCC(CCCl)NC(=O)c1cc(C)c(Br)s1. The second-order valence-electron chi connectivity index (χ2n) is 3.67. The summed E-state index contributed by atoms with van der Waals surface area (Å²) in [6.45, 7) is 2.44. The van der Waals surface area contributed by atoms with Crippen molar-refractivity contribution in [3.05, 3.63) is 20.3 Å². The fraction of sp³-hybridized carbons (Fsp3) is 0.545. The Balaban J connectivity index is 2.63. The largest absolute Gasteiger partial charge is 0.383 e. The van der Waals surface area contributed by atoms with Gasteiger partial charge in [-0.2, -0.15) is 0 Å². The molecule has 0 aromatic carbocycles. The summed E-state index contributed by atoms with van der Waals surface area (Å²) >= 11 is 10.5. The third-order valence-electron chi connectivity index (χ3n) is 2.24. The van der Waals surface area contributed by atoms with E-state index in [4.69, 9.17) is 16.3 Å². The third-order valence-corrected chi connectivity index (χ3v) is 4.60. The fourth-order valence-electron chi connectivity index (χ4n) is 1.36. The maximum atomic E-state index is 12.0. The molecule has 3 nitrogen and oxygen atoms in total. The molecular formula is C11H15BrClNO2S. The van der Waals surface area contributed by atoms with Crippen LogP contribution in [0.4, 0.5) is 0 Å². The van der Waals surface area contributed by atoms with Crippen LogP contribution < -0.4 is 5.32 Å². The molecule has 1 N–H and O–H groups in total. The van der Waals surface area contributed by atoms with Gasteiger partial charge >= 0.3 is 0 Å². The first-order chi connectivity index (χ1) is 8.08. The van der Waals surface area contributed by atoms with Crippen molar-refractivity contribution in [1.29, 1.82) is 0 Å². The highest BCUT2D eigenvalue weighted by atomic mass is 79.9. The summed E-state index contributed by atoms with van der Waals surface area (Å²) in [4.78, 5) is 12.6. The van der Waals surface area contributed by atoms with Gasteiger partial charge in [0.25, 0.3) is 5.91 Å². The van der Waals surface area contributed by atoms with Crippen molar-refractivity contribution >= 4 is 44.8 Å². The van der Waals surface area contributed by atoms with Crippen LogP contribution in [0, 0.1) is 6.92 Å². The van der Waals surface area contributed by atoms with Crippen molar-refractivity contribution in [3.63, 3.8) is 0 Å². The predicted octanol–water partition coefficient (Wildman–Crippen LogP) is 3.19. The van der Waals surface area contributed by atoms with Gasteiger partial charge in [-0.1, -0.05) is 0 Å². The topological polar surface area (TPSA) is 38.3 Å². The molecule has 0 saturated heterocycles. The van der Waals surface area contributed by atoms with Crippen molar-refractivity contribution in [1.82, 2.24) is 5.32 Å². The Kier molecular flexibility index (Phi) is 6.48. The molecule has 0 spiro atoms. The van der Waals surface area contributed by atoms with Crippen LogP contribution in [-0.2, 0) is 4.74 Å². The van der Waals surface area contributed by atoms with Crippen molar-refractivity contribution in [2.75, 3.05) is 19.6 Å². The van der Waals surface area contributed by atoms with Crippen LogP contribution >= 0.6 is 38.9 Å². The van der Waals surface area contributed by atoms with E-state index in [1.807, 2.05) is 13.0 Å². The minimum Gasteiger partial charge on any atom is -0.383 e. The number of methoxy groups -OCH3 is 1. The van der Waals surface area contributed by atoms with Gasteiger partial charge in [-0.15, -0.1) is 22.9 Å². The average Bonchev–Trinajstić information content (AvgIpc) is 2.60. The van der Waals surface area contributed by atoms with Crippen LogP contribution in [-0.4, -0.2) is 31.5 Å². The van der Waals surface area contributed by atoms with E-state index in [1.165, 1.54) is 11.3 Å². The van der Waals surface area contributed by atoms with Gasteiger partial charge in [-0.3, -0.25) is 4.79 Å². The van der Waals surface area contributed by atoms with E-state index >= 15 is 0 Å². The zero-order valence-corrected chi connectivity index (χ0v) is 12.9. The molecule has 0 aliphatic carbocycles. The minimum atomic E-state index is -0.0732. The highest BCUT2D eigenvalue weighted by Gasteiger charge is 2.15. The number of hydrogen-bond acceptors (Lipinski definition) is 3. The first kappa shape index (κ1) is 15.0. The van der Waals surface area contributed by atoms with Crippen LogP contribution in [0.25, 0.3) is 0 Å². The molecule has 1 heterocycles. The summed E-state index contributed by atoms with van der Waals surface area (Å²) in [6, 6.07) is 1.83. The number of carbonyl (C=O) groups excluding carboxylic acids is 1. The second-order valence-corrected chi connectivity index (χ2v) is 6.42. The molecule has 6 heteroatoms. The second kappa shape index (κ2) is 7.36. The van der Waals surface area contributed by atoms with Crippen LogP contribution in [0.3, 0.4) is 0 Å². The first-order valence-corrected chi connectivity index (χ1v) is 7.34. The first-order valence-electron chi connectivity index (χ1n) is 5.20. The van der Waals surface area contributed by atoms with Gasteiger partial charge in [0.15, 0.2) is 0 Å². The highest BCUT2D eigenvalue weighted by Crippen LogP contribution is 2.27. The van der Waals surface area contributed by atoms with Gasteiger partial charge in [0.1, 0.15) is 0 Å². The monoisotopic (exact) mass is 339 g/mol. The van der Waals surface area contributed by atoms with E-state index in [-0.39, 0.29) is 11.9 Å². The van der Waals surface area contributed by atoms with Gasteiger partial charge in [0.05, 0.1) is 21.3 Å². The quantitative estimate of drug-likeness (QED) is 0.808. The molecule has 1 aromatic heterocycles. The number of thiophene rings is 1. The van der Waals surface area contributed by atoms with E-state index in [9.17, 15) is 4.79 Å². The molecule has 96 valence electrons. The van der Waals surface area contributed by atoms with Crippen molar-refractivity contribution < 1.29 is 9.53 Å². The Morgan fingerprint density at radius 3 is 2.88 bits per heavy atom. The number of hydrogen-bond donors (Lipinski definition) is 1. The van der Waals surface area contributed by atoms with E-state index in [0.29, 0.717) is 23.8 Å². The molecule has 1 atom stereocenters. The fourth-order valence-corrected chi connectivity index (χ4v) is 3.06. The zero-order chi connectivity index (χ0) is 12.8. The van der Waals surface area contributed by atoms with Crippen LogP contribution in [0.5, 0.6) is 0 Å². The third kappa shape index (κ3) is 4.58. The number of ether oxygens (including phenoxy) is 1. The van der Waals surface area contributed by atoms with Gasteiger partial charge in [-0.05, 0) is 40.9 Å². The Bertz CT molecular complexity index is 358. The lowest BCUT2D eigenvalue weighted by molar-refractivity contribution is 0.0899. The summed E-state index contributed by atoms with van der Waals surface area (Å²) in [5.74, 6) is 0.428. The maximum Gasteiger partial charge on any atom is 0.261 e. The molecule has 0 fully saturated rings. The number of nitrogens with one attached hydrogen (secondary N) is 1. The molecule has 17 heavy (non-hydrogen) atoms. The van der Waals surface area contributed by atoms with Gasteiger partial charge in [0.2, 0.25) is 0 Å². The lowest BCUT2D eigenvalue weighted by Crippen LogP contribution is -2.38. The summed E-state index contributed by atoms with van der Waals surface area (Å²) < 4.78 is 6.03. The van der Waals surface area contributed by atoms with E-state index in [0.717, 1.165) is 9.35 Å². The molecule has 1 unspecified atom stereocenters. The summed E-state index contributed by atoms with van der Waals surface area (Å²) in [7, 11) is 1.61. The molecule has 0 aliphatic rings. The molecule has 1 amide bonds. The number of carbonyl (C=O) groups is 1. The van der Waals surface area contributed by atoms with Gasteiger partial charge in [-0.25, -0.2) is 0 Å². The van der Waals surface area contributed by atoms with Gasteiger partial charge in [0, 0.05) is 13.0 Å². The Morgan fingerprint density at radius 2 is 2.41 bits per heavy atom. The molecule has 0 saturated carbocycles. The van der Waals surface area contributed by atoms with Crippen LogP contribution in [0.1, 0.15) is 21.7 Å². The number of alkyl halides is 1. The molecule has 0 radical (unpaired) electrons. The standard InChI is InChI=1S/C11H15BrClNO2S/c1-7-5-9(17-10(7)12)11(15)14-8(3-4-13)6-16-2/h5,8H,3-4,6H2,1-2H3,(H,14,15). The predicted molar refractivity (Wildman–Crippen MR) is 75.2 cm³/mol. The smallest absolute Gasteiger partial charge is 0.261 e. The zero-order valence-electron chi connectivity index (χ0n) is 9.76. The van der Waals surface area contributed by atoms with E-state index in [2.05, 4.69) is 21.2 Å². The molecular weight excluding hydrogens is 326 g/mol. The Labute approximate surface area is 119 Å². The normalized spacial score (nSPS) is 12.5. The molecule has 1 rings (SSSR count). The van der Waals surface area contributed by atoms with Crippen molar-refractivity contribution in [3.8, 4) is 0 Å². The van der Waals surface area contributed by atoms with E-state index < -0.39 is 0 Å². The number of halogens is 2. The average molecular weight is 341 g/mol. The number of amides is 1. The summed E-state index contributed by atoms with van der Waals surface area (Å²) in [6.07, 6.45) is 0.701. The van der Waals surface area contributed by atoms with Crippen molar-refractivity contribution in [2.24, 2.45) is 0 Å². The minimum absolute atomic E-state index is 0.0359. The molecule has 1 aromatic rings. The van der Waals surface area contributed by atoms with E-state index in [1.54, 1.807) is 7.11 Å². The molecule has 0 bridgehead atoms. The lowest BCUT2D eigenvalue weighted by atomic mass is 10.2. The number of rotatable bonds is 6. The van der Waals surface area contributed by atoms with Gasteiger partial charge < -0.3 is 10.1 Å². The molecule has 0 aliphatic heterocycles. The summed E-state index contributed by atoms with van der Waals surface area (Å²) in [5, 5.41) is 2.92. The maximum absolute atomic E-state index is 12.0. The Hall–Kier alpha value is -0.100. The highest BCUT2D eigenvalue weighted by molar-refractivity contribution is 9.11. The van der Waals surface area contributed by atoms with Crippen LogP contribution in [0.2, 0.25) is 0 Å². The summed E-state index contributed by atoms with van der Waals surface area (Å²) in [5.41, 5.74) is 1.07. The van der Waals surface area contributed by atoms with Crippen molar-refractivity contribution in [2.45, 2.75) is 19.4 Å². The Morgan fingerprint density at radius 1 is 1.71 bits per heavy atom. The lowest BCUT2D eigenvalue weighted by Gasteiger charge is -2.15. The number of aryl methyl sites for hydroxylation is 1.